The van der Waals surface area contributed by atoms with E-state index in [1.165, 1.54) is 6.07 Å². The first-order valence-electron chi connectivity index (χ1n) is 5.73. The number of carbonyl (C=O) groups is 2. The molecule has 0 fully saturated rings. The summed E-state index contributed by atoms with van der Waals surface area (Å²) in [5.41, 5.74) is 0.916. The molecule has 5 heteroatoms. The lowest BCUT2D eigenvalue weighted by atomic mass is 10.1. The standard InChI is InChI=1S/C13H17NO4/c1-8(13(17)18)6-7-14-12(16)10-4-3-5-11(15)9(10)2/h3-5,8,15H,6-7H2,1-2H3,(H,14,16)(H,17,18). The Morgan fingerprint density at radius 2 is 2.06 bits per heavy atom. The van der Waals surface area contributed by atoms with E-state index in [0.717, 1.165) is 0 Å². The van der Waals surface area contributed by atoms with Crippen LogP contribution in [-0.4, -0.2) is 28.6 Å². The van der Waals surface area contributed by atoms with Crippen LogP contribution in [-0.2, 0) is 4.79 Å². The lowest BCUT2D eigenvalue weighted by Crippen LogP contribution is -2.27. The van der Waals surface area contributed by atoms with E-state index in [2.05, 4.69) is 5.32 Å². The van der Waals surface area contributed by atoms with E-state index < -0.39 is 11.9 Å². The average molecular weight is 251 g/mol. The summed E-state index contributed by atoms with van der Waals surface area (Å²) in [6, 6.07) is 4.72. The monoisotopic (exact) mass is 251 g/mol. The first-order valence-corrected chi connectivity index (χ1v) is 5.73. The Morgan fingerprint density at radius 3 is 2.67 bits per heavy atom. The zero-order valence-corrected chi connectivity index (χ0v) is 10.4. The number of carbonyl (C=O) groups excluding carboxylic acids is 1. The minimum atomic E-state index is -0.877. The van der Waals surface area contributed by atoms with Gasteiger partial charge in [-0.2, -0.15) is 0 Å². The molecule has 0 radical (unpaired) electrons. The number of hydrogen-bond donors (Lipinski definition) is 3. The molecule has 98 valence electrons. The summed E-state index contributed by atoms with van der Waals surface area (Å²) in [7, 11) is 0. The fourth-order valence-electron chi connectivity index (χ4n) is 1.49. The third kappa shape index (κ3) is 3.48. The molecule has 1 aromatic rings. The van der Waals surface area contributed by atoms with Crippen molar-refractivity contribution in [1.29, 1.82) is 0 Å². The molecule has 18 heavy (non-hydrogen) atoms. The second-order valence-corrected chi connectivity index (χ2v) is 4.23. The van der Waals surface area contributed by atoms with Crippen LogP contribution in [0.2, 0.25) is 0 Å². The fraction of sp³-hybridized carbons (Fsp3) is 0.385. The largest absolute Gasteiger partial charge is 0.508 e. The minimum Gasteiger partial charge on any atom is -0.508 e. The second kappa shape index (κ2) is 6.05. The molecule has 0 heterocycles. The van der Waals surface area contributed by atoms with Gasteiger partial charge >= 0.3 is 5.97 Å². The molecule has 0 aromatic heterocycles. The maximum atomic E-state index is 11.8. The van der Waals surface area contributed by atoms with Crippen molar-refractivity contribution in [3.05, 3.63) is 29.3 Å². The van der Waals surface area contributed by atoms with Gasteiger partial charge in [0.15, 0.2) is 0 Å². The van der Waals surface area contributed by atoms with Crippen LogP contribution in [0.4, 0.5) is 0 Å². The van der Waals surface area contributed by atoms with Crippen LogP contribution in [0.15, 0.2) is 18.2 Å². The van der Waals surface area contributed by atoms with Gasteiger partial charge in [0, 0.05) is 17.7 Å². The van der Waals surface area contributed by atoms with Gasteiger partial charge in [0.05, 0.1) is 5.92 Å². The first-order chi connectivity index (χ1) is 8.43. The lowest BCUT2D eigenvalue weighted by Gasteiger charge is -2.10. The van der Waals surface area contributed by atoms with E-state index in [-0.39, 0.29) is 11.7 Å². The van der Waals surface area contributed by atoms with Crippen molar-refractivity contribution >= 4 is 11.9 Å². The summed E-state index contributed by atoms with van der Waals surface area (Å²) in [5, 5.41) is 20.8. The Balaban J connectivity index is 2.56. The molecule has 1 unspecified atom stereocenters. The molecule has 1 rings (SSSR count). The van der Waals surface area contributed by atoms with E-state index in [0.29, 0.717) is 24.1 Å². The van der Waals surface area contributed by atoms with E-state index >= 15 is 0 Å². The number of phenolic OH excluding ortho intramolecular Hbond substituents is 1. The van der Waals surface area contributed by atoms with Crippen LogP contribution in [0.1, 0.15) is 29.3 Å². The number of nitrogens with one attached hydrogen (secondary N) is 1. The summed E-state index contributed by atoms with van der Waals surface area (Å²) in [6.07, 6.45) is 0.374. The van der Waals surface area contributed by atoms with Crippen LogP contribution >= 0.6 is 0 Å². The quantitative estimate of drug-likeness (QED) is 0.740. The normalized spacial score (nSPS) is 11.9. The van der Waals surface area contributed by atoms with E-state index in [4.69, 9.17) is 5.11 Å². The van der Waals surface area contributed by atoms with Crippen LogP contribution in [0, 0.1) is 12.8 Å². The van der Waals surface area contributed by atoms with Crippen molar-refractivity contribution in [3.63, 3.8) is 0 Å². The molecule has 5 nitrogen and oxygen atoms in total. The number of benzene rings is 1. The van der Waals surface area contributed by atoms with Gasteiger partial charge in [-0.25, -0.2) is 0 Å². The summed E-state index contributed by atoms with van der Waals surface area (Å²) in [6.45, 7) is 3.54. The number of phenols is 1. The zero-order valence-electron chi connectivity index (χ0n) is 10.4. The predicted molar refractivity (Wildman–Crippen MR) is 66.6 cm³/mol. The van der Waals surface area contributed by atoms with E-state index in [9.17, 15) is 14.7 Å². The van der Waals surface area contributed by atoms with Crippen molar-refractivity contribution in [1.82, 2.24) is 5.32 Å². The fourth-order valence-corrected chi connectivity index (χ4v) is 1.49. The zero-order chi connectivity index (χ0) is 13.7. The third-order valence-electron chi connectivity index (χ3n) is 2.83. The van der Waals surface area contributed by atoms with Gasteiger partial charge in [0.2, 0.25) is 0 Å². The number of aliphatic carboxylic acids is 1. The number of carboxylic acid groups (broad SMARTS) is 1. The second-order valence-electron chi connectivity index (χ2n) is 4.23. The Morgan fingerprint density at radius 1 is 1.39 bits per heavy atom. The van der Waals surface area contributed by atoms with Crippen molar-refractivity contribution < 1.29 is 19.8 Å². The molecular formula is C13H17NO4. The number of amides is 1. The molecule has 1 atom stereocenters. The highest BCUT2D eigenvalue weighted by Gasteiger charge is 2.13. The van der Waals surface area contributed by atoms with Crippen LogP contribution in [0.3, 0.4) is 0 Å². The molecule has 0 saturated heterocycles. The third-order valence-corrected chi connectivity index (χ3v) is 2.83. The molecule has 3 N–H and O–H groups in total. The first kappa shape index (κ1) is 14.0. The SMILES string of the molecule is Cc1c(O)cccc1C(=O)NCCC(C)C(=O)O. The van der Waals surface area contributed by atoms with Crippen molar-refractivity contribution in [3.8, 4) is 5.75 Å². The summed E-state index contributed by atoms with van der Waals surface area (Å²) < 4.78 is 0. The highest BCUT2D eigenvalue weighted by atomic mass is 16.4. The van der Waals surface area contributed by atoms with E-state index in [1.807, 2.05) is 0 Å². The highest BCUT2D eigenvalue weighted by Crippen LogP contribution is 2.19. The van der Waals surface area contributed by atoms with Crippen molar-refractivity contribution in [2.75, 3.05) is 6.54 Å². The van der Waals surface area contributed by atoms with E-state index in [1.54, 1.807) is 26.0 Å². The van der Waals surface area contributed by atoms with Gasteiger partial charge in [-0.3, -0.25) is 9.59 Å². The molecule has 0 bridgehead atoms. The van der Waals surface area contributed by atoms with Crippen molar-refractivity contribution in [2.45, 2.75) is 20.3 Å². The molecule has 0 aliphatic rings. The summed E-state index contributed by atoms with van der Waals surface area (Å²) in [5.74, 6) is -1.60. The molecule has 1 amide bonds. The summed E-state index contributed by atoms with van der Waals surface area (Å²) in [4.78, 5) is 22.4. The summed E-state index contributed by atoms with van der Waals surface area (Å²) >= 11 is 0. The van der Waals surface area contributed by atoms with Gasteiger partial charge in [-0.15, -0.1) is 0 Å². The van der Waals surface area contributed by atoms with Crippen LogP contribution < -0.4 is 5.32 Å². The number of carboxylic acids is 1. The molecular weight excluding hydrogens is 234 g/mol. The lowest BCUT2D eigenvalue weighted by molar-refractivity contribution is -0.141. The van der Waals surface area contributed by atoms with Crippen molar-refractivity contribution in [2.24, 2.45) is 5.92 Å². The maximum Gasteiger partial charge on any atom is 0.306 e. The molecule has 0 aliphatic heterocycles. The smallest absolute Gasteiger partial charge is 0.306 e. The van der Waals surface area contributed by atoms with Gasteiger partial charge < -0.3 is 15.5 Å². The molecule has 1 aromatic carbocycles. The van der Waals surface area contributed by atoms with Gasteiger partial charge in [-0.05, 0) is 25.5 Å². The topological polar surface area (TPSA) is 86.6 Å². The highest BCUT2D eigenvalue weighted by molar-refractivity contribution is 5.96. The average Bonchev–Trinajstić information content (AvgIpc) is 2.32. The van der Waals surface area contributed by atoms with Gasteiger partial charge in [0.25, 0.3) is 5.91 Å². The van der Waals surface area contributed by atoms with Gasteiger partial charge in [0.1, 0.15) is 5.75 Å². The molecule has 0 spiro atoms. The van der Waals surface area contributed by atoms with Crippen LogP contribution in [0.5, 0.6) is 5.75 Å². The number of hydrogen-bond acceptors (Lipinski definition) is 3. The predicted octanol–water partition coefficient (Wildman–Crippen LogP) is 1.54. The molecule has 0 aliphatic carbocycles. The Bertz CT molecular complexity index is 456. The maximum absolute atomic E-state index is 11.8. The Kier molecular flexibility index (Phi) is 4.71. The minimum absolute atomic E-state index is 0.0709. The van der Waals surface area contributed by atoms with Gasteiger partial charge in [-0.1, -0.05) is 13.0 Å². The number of rotatable bonds is 5. The van der Waals surface area contributed by atoms with Crippen LogP contribution in [0.25, 0.3) is 0 Å². The Hall–Kier alpha value is -2.04. The molecule has 0 saturated carbocycles. The number of aromatic hydroxyl groups is 1. The Labute approximate surface area is 105 Å².